The Bertz CT molecular complexity index is 1390. The second-order valence-corrected chi connectivity index (χ2v) is 9.50. The number of rotatable bonds is 11. The minimum Gasteiger partial charge on any atom is -0.388 e. The monoisotopic (exact) mass is 558 g/mol. The summed E-state index contributed by atoms with van der Waals surface area (Å²) in [6, 6.07) is 12.2. The van der Waals surface area contributed by atoms with Crippen molar-refractivity contribution in [2.75, 3.05) is 32.7 Å². The Hall–Kier alpha value is -4.55. The molecular formula is C32H43FN8. The number of aromatic amines is 1. The first-order valence-electron chi connectivity index (χ1n) is 13.7. The quantitative estimate of drug-likeness (QED) is 0.0958. The number of piperazine rings is 1. The van der Waals surface area contributed by atoms with E-state index in [1.54, 1.807) is 6.08 Å². The van der Waals surface area contributed by atoms with E-state index in [4.69, 9.17) is 16.8 Å². The van der Waals surface area contributed by atoms with E-state index in [1.165, 1.54) is 5.12 Å². The van der Waals surface area contributed by atoms with Crippen LogP contribution in [0.5, 0.6) is 0 Å². The van der Waals surface area contributed by atoms with E-state index in [1.807, 2.05) is 44.3 Å². The Kier molecular flexibility index (Phi) is 13.2. The normalized spacial score (nSPS) is 14.4. The van der Waals surface area contributed by atoms with Gasteiger partial charge in [0.25, 0.3) is 0 Å². The van der Waals surface area contributed by atoms with E-state index in [0.717, 1.165) is 71.5 Å². The molecule has 2 heterocycles. The van der Waals surface area contributed by atoms with Gasteiger partial charge in [0, 0.05) is 61.0 Å². The van der Waals surface area contributed by atoms with E-state index in [9.17, 15) is 4.39 Å². The number of nitriles is 1. The predicted octanol–water partition coefficient (Wildman–Crippen LogP) is 4.04. The number of nitrogens with zero attached hydrogens (tertiary/aromatic N) is 5. The van der Waals surface area contributed by atoms with Crippen LogP contribution in [0.25, 0.3) is 22.7 Å². The molecule has 0 saturated carbocycles. The summed E-state index contributed by atoms with van der Waals surface area (Å²) in [7, 11) is 0. The van der Waals surface area contributed by atoms with Crippen LogP contribution in [0, 0.1) is 11.3 Å². The van der Waals surface area contributed by atoms with Crippen LogP contribution in [0.1, 0.15) is 44.2 Å². The van der Waals surface area contributed by atoms with Crippen LogP contribution < -0.4 is 22.1 Å². The molecule has 1 aliphatic heterocycles. The molecule has 41 heavy (non-hydrogen) atoms. The molecule has 1 aromatic heterocycles. The third-order valence-electron chi connectivity index (χ3n) is 6.88. The number of nitrogens with one attached hydrogen (secondary N) is 1. The van der Waals surface area contributed by atoms with Gasteiger partial charge < -0.3 is 20.5 Å². The molecule has 1 aliphatic rings. The van der Waals surface area contributed by atoms with Crippen molar-refractivity contribution in [2.45, 2.75) is 33.1 Å². The maximum atomic E-state index is 14.8. The van der Waals surface area contributed by atoms with Gasteiger partial charge in [-0.3, -0.25) is 0 Å². The lowest BCUT2D eigenvalue weighted by atomic mass is 10.0. The fraction of sp³-hybridized carbons (Fsp3) is 0.312. The highest BCUT2D eigenvalue weighted by Crippen LogP contribution is 2.25. The zero-order valence-corrected chi connectivity index (χ0v) is 24.4. The molecule has 2 aromatic rings. The molecule has 0 atom stereocenters. The molecule has 0 unspecified atom stereocenters. The molecule has 0 aliphatic carbocycles. The minimum atomic E-state index is -0.162. The first kappa shape index (κ1) is 32.7. The summed E-state index contributed by atoms with van der Waals surface area (Å²) >= 11 is 0. The zero-order valence-electron chi connectivity index (χ0n) is 24.4. The third kappa shape index (κ3) is 8.98. The summed E-state index contributed by atoms with van der Waals surface area (Å²) in [6.07, 6.45) is 6.21. The van der Waals surface area contributed by atoms with Gasteiger partial charge in [0.2, 0.25) is 0 Å². The molecule has 0 bridgehead atoms. The summed E-state index contributed by atoms with van der Waals surface area (Å²) in [6.45, 7) is 24.3. The Balaban J connectivity index is 0.000000503. The Morgan fingerprint density at radius 2 is 1.80 bits per heavy atom. The van der Waals surface area contributed by atoms with Gasteiger partial charge in [0.15, 0.2) is 0 Å². The molecule has 9 heteroatoms. The van der Waals surface area contributed by atoms with Crippen LogP contribution in [-0.4, -0.2) is 59.0 Å². The molecule has 3 rings (SSSR count). The van der Waals surface area contributed by atoms with Crippen molar-refractivity contribution in [3.8, 4) is 6.07 Å². The standard InChI is InChI=1S/C27H32FN3.C5H11N5/c1-7-19(3)27-26(25(28)8-2)24(18-29-27)20(4)21(5)30-14-16-31(17-15-30)22(6)23-12-10-9-11-13-23;6-3-1-2-4-10(8)9-5-7/h7,9-13,18,29H,1,4-6,8,14-17H2,2-3H3;5H,1-2,4,8H2,(H2,7,9)/b26-25+,27-19+;. The van der Waals surface area contributed by atoms with Crippen molar-refractivity contribution in [1.82, 2.24) is 19.9 Å². The summed E-state index contributed by atoms with van der Waals surface area (Å²) in [5, 5.41) is 14.2. The number of hydrazine groups is 1. The predicted molar refractivity (Wildman–Crippen MR) is 169 cm³/mol. The number of aromatic nitrogens is 1. The summed E-state index contributed by atoms with van der Waals surface area (Å²) < 4.78 is 14.8. The molecular weight excluding hydrogens is 515 g/mol. The van der Waals surface area contributed by atoms with Crippen molar-refractivity contribution in [3.63, 3.8) is 0 Å². The minimum absolute atomic E-state index is 0.162. The van der Waals surface area contributed by atoms with Gasteiger partial charge in [0.05, 0.1) is 18.0 Å². The fourth-order valence-corrected chi connectivity index (χ4v) is 4.40. The lowest BCUT2D eigenvalue weighted by Crippen LogP contribution is -2.44. The number of nitrogens with two attached hydrogens (primary N) is 2. The van der Waals surface area contributed by atoms with Crippen molar-refractivity contribution in [1.29, 1.82) is 5.26 Å². The first-order valence-corrected chi connectivity index (χ1v) is 13.7. The van der Waals surface area contributed by atoms with Crippen LogP contribution >= 0.6 is 0 Å². The second kappa shape index (κ2) is 16.5. The number of halogens is 1. The van der Waals surface area contributed by atoms with Gasteiger partial charge in [0.1, 0.15) is 12.2 Å². The van der Waals surface area contributed by atoms with Crippen LogP contribution in [0.4, 0.5) is 4.39 Å². The van der Waals surface area contributed by atoms with Gasteiger partial charge >= 0.3 is 0 Å². The number of hydrazone groups is 1. The van der Waals surface area contributed by atoms with Gasteiger partial charge in [-0.25, -0.2) is 15.4 Å². The molecule has 1 saturated heterocycles. The second-order valence-electron chi connectivity index (χ2n) is 9.50. The Morgan fingerprint density at radius 1 is 1.17 bits per heavy atom. The maximum absolute atomic E-state index is 14.8. The lowest BCUT2D eigenvalue weighted by Gasteiger charge is -2.39. The average molecular weight is 559 g/mol. The number of hydrogen-bond acceptors (Lipinski definition) is 6. The van der Waals surface area contributed by atoms with E-state index in [-0.39, 0.29) is 5.83 Å². The van der Waals surface area contributed by atoms with E-state index >= 15 is 0 Å². The molecule has 1 aromatic carbocycles. The van der Waals surface area contributed by atoms with Crippen molar-refractivity contribution in [3.05, 3.63) is 96.3 Å². The Morgan fingerprint density at radius 3 is 2.37 bits per heavy atom. The number of unbranched alkanes of at least 4 members (excludes halogenated alkanes) is 1. The summed E-state index contributed by atoms with van der Waals surface area (Å²) in [5.41, 5.74) is 10.4. The largest absolute Gasteiger partial charge is 0.388 e. The molecule has 8 nitrogen and oxygen atoms in total. The van der Waals surface area contributed by atoms with Crippen molar-refractivity contribution in [2.24, 2.45) is 16.7 Å². The van der Waals surface area contributed by atoms with Crippen molar-refractivity contribution >= 4 is 29.0 Å². The fourth-order valence-electron chi connectivity index (χ4n) is 4.40. The van der Waals surface area contributed by atoms with Gasteiger partial charge in [-0.05, 0) is 36.5 Å². The molecule has 0 radical (unpaired) electrons. The van der Waals surface area contributed by atoms with Crippen LogP contribution in [0.15, 0.2) is 79.7 Å². The number of benzene rings is 1. The zero-order chi connectivity index (χ0) is 30.4. The Labute approximate surface area is 243 Å². The molecule has 0 amide bonds. The highest BCUT2D eigenvalue weighted by Gasteiger charge is 2.22. The number of allylic oxidation sites excluding steroid dienone is 2. The van der Waals surface area contributed by atoms with E-state index < -0.39 is 0 Å². The summed E-state index contributed by atoms with van der Waals surface area (Å²) in [4.78, 5) is 7.73. The number of hydrogen-bond donors (Lipinski definition) is 3. The van der Waals surface area contributed by atoms with E-state index in [2.05, 4.69) is 58.3 Å². The lowest BCUT2D eigenvalue weighted by molar-refractivity contribution is 0.220. The summed E-state index contributed by atoms with van der Waals surface area (Å²) in [5.74, 6) is 5.11. The van der Waals surface area contributed by atoms with Gasteiger partial charge in [-0.1, -0.05) is 69.6 Å². The van der Waals surface area contributed by atoms with Gasteiger partial charge in [-0.2, -0.15) is 10.4 Å². The molecule has 5 N–H and O–H groups in total. The van der Waals surface area contributed by atoms with E-state index in [0.29, 0.717) is 31.0 Å². The van der Waals surface area contributed by atoms with Gasteiger partial charge in [-0.15, -0.1) is 0 Å². The molecule has 218 valence electrons. The SMILES string of the molecule is C=C/C(C)=c1/[nH]cc(C(=C)C(=C)N2CCN(C(=C)c3ccccc3)CC2)/c1=C(\F)CC.N#CCCCN(N)/N=C\N. The van der Waals surface area contributed by atoms with Crippen molar-refractivity contribution < 1.29 is 4.39 Å². The molecule has 1 fully saturated rings. The highest BCUT2D eigenvalue weighted by atomic mass is 19.1. The topological polar surface area (TPSA) is 114 Å². The third-order valence-corrected chi connectivity index (χ3v) is 6.88. The highest BCUT2D eigenvalue weighted by molar-refractivity contribution is 5.77. The van der Waals surface area contributed by atoms with Crippen LogP contribution in [0.3, 0.4) is 0 Å². The maximum Gasteiger partial charge on any atom is 0.110 e. The van der Waals surface area contributed by atoms with Crippen LogP contribution in [0.2, 0.25) is 0 Å². The number of H-pyrrole nitrogens is 1. The molecule has 0 spiro atoms. The smallest absolute Gasteiger partial charge is 0.110 e. The average Bonchev–Trinajstić information content (AvgIpc) is 3.45. The van der Waals surface area contributed by atoms with Crippen LogP contribution in [-0.2, 0) is 0 Å². The first-order chi connectivity index (χ1) is 19.7.